The first-order chi connectivity index (χ1) is 25.1. The molecule has 6 atom stereocenters. The number of likely N-dealkylation sites (tertiary alicyclic amines) is 1. The fourth-order valence-electron chi connectivity index (χ4n) is 6.80. The number of nitrogens with zero attached hydrogens (tertiary/aromatic N) is 3. The Bertz CT molecular complexity index is 1520. The zero-order chi connectivity index (χ0) is 39.2. The molecule has 3 rings (SSSR count). The first-order valence-corrected chi connectivity index (χ1v) is 19.7. The zero-order valence-electron chi connectivity index (χ0n) is 32.2. The molecular formula is C39H58FN5O7S. The van der Waals surface area contributed by atoms with Crippen LogP contribution in [0.3, 0.4) is 0 Å². The summed E-state index contributed by atoms with van der Waals surface area (Å²) in [7, 11) is 1.94. The summed E-state index contributed by atoms with van der Waals surface area (Å²) in [5.74, 6) is -2.98. The second-order valence-electron chi connectivity index (χ2n) is 14.5. The summed E-state index contributed by atoms with van der Waals surface area (Å²) < 4.78 is 19.3. The quantitative estimate of drug-likeness (QED) is 0.143. The van der Waals surface area contributed by atoms with E-state index in [1.54, 1.807) is 17.5 Å². The van der Waals surface area contributed by atoms with Gasteiger partial charge < -0.3 is 25.4 Å². The van der Waals surface area contributed by atoms with Crippen LogP contribution in [0.5, 0.6) is 0 Å². The van der Waals surface area contributed by atoms with Crippen LogP contribution in [0.2, 0.25) is 0 Å². The van der Waals surface area contributed by atoms with Gasteiger partial charge in [0.25, 0.3) is 5.91 Å². The van der Waals surface area contributed by atoms with E-state index in [1.807, 2.05) is 51.5 Å². The molecule has 0 spiro atoms. The molecule has 12 nitrogen and oxygen atoms in total. The van der Waals surface area contributed by atoms with Gasteiger partial charge in [0.15, 0.2) is 6.10 Å². The maximum Gasteiger partial charge on any atom is 0.303 e. The molecule has 2 aromatic rings. The number of rotatable bonds is 20. The van der Waals surface area contributed by atoms with Crippen LogP contribution in [0, 0.1) is 17.7 Å². The number of nitrogens with one attached hydrogen (secondary N) is 2. The standard InChI is InChI=1S/C39H58FN5O7S/c1-8-19-45(39(51)35(25(5)9-2)43-37(50)31-12-10-11-20-44(31)7)32(24(3)4)22-33(52-26(6)46)38-42-30(23-53-38)36(49)41-29(17-18-34(47)48)21-27-13-15-28(40)16-14-27/h13-16,23-25,29,31-33,35H,8-12,17-22H2,1-7H3,(H,41,49)(H,43,50)(H,47,48)/t25-,29+,31+,32+,33+,35?/m0/s1. The number of aliphatic carboxylic acids is 1. The molecule has 0 radical (unpaired) electrons. The van der Waals surface area contributed by atoms with Gasteiger partial charge in [-0.25, -0.2) is 9.37 Å². The minimum absolute atomic E-state index is 0.0643. The van der Waals surface area contributed by atoms with E-state index < -0.39 is 47.9 Å². The molecule has 0 aliphatic carbocycles. The normalized spacial score (nSPS) is 17.6. The van der Waals surface area contributed by atoms with E-state index in [4.69, 9.17) is 4.74 Å². The molecule has 1 fully saturated rings. The van der Waals surface area contributed by atoms with Crippen LogP contribution in [0.4, 0.5) is 4.39 Å². The predicted molar refractivity (Wildman–Crippen MR) is 202 cm³/mol. The average molecular weight is 760 g/mol. The van der Waals surface area contributed by atoms with E-state index in [2.05, 4.69) is 15.6 Å². The Kier molecular flexibility index (Phi) is 17.3. The van der Waals surface area contributed by atoms with Crippen LogP contribution in [-0.2, 0) is 30.3 Å². The number of thiazole rings is 1. The van der Waals surface area contributed by atoms with Crippen molar-refractivity contribution in [3.63, 3.8) is 0 Å². The lowest BCUT2D eigenvalue weighted by atomic mass is 9.92. The lowest BCUT2D eigenvalue weighted by molar-refractivity contribution is -0.149. The maximum atomic E-state index is 14.5. The van der Waals surface area contributed by atoms with Gasteiger partial charge in [-0.15, -0.1) is 11.3 Å². The number of carbonyl (C=O) groups excluding carboxylic acids is 4. The summed E-state index contributed by atoms with van der Waals surface area (Å²) in [5, 5.41) is 17.2. The highest BCUT2D eigenvalue weighted by atomic mass is 32.1. The lowest BCUT2D eigenvalue weighted by Crippen LogP contribution is -2.58. The first kappa shape index (κ1) is 43.5. The van der Waals surface area contributed by atoms with Crippen LogP contribution in [0.1, 0.15) is 120 Å². The molecule has 1 aromatic carbocycles. The van der Waals surface area contributed by atoms with E-state index in [1.165, 1.54) is 19.1 Å². The Morgan fingerprint density at radius 3 is 2.38 bits per heavy atom. The van der Waals surface area contributed by atoms with Gasteiger partial charge in [-0.1, -0.05) is 59.6 Å². The van der Waals surface area contributed by atoms with Gasteiger partial charge in [-0.3, -0.25) is 28.9 Å². The summed E-state index contributed by atoms with van der Waals surface area (Å²) in [4.78, 5) is 73.7. The second kappa shape index (κ2) is 21.1. The van der Waals surface area contributed by atoms with Gasteiger partial charge in [-0.05, 0) is 75.2 Å². The van der Waals surface area contributed by atoms with Crippen molar-refractivity contribution in [2.75, 3.05) is 20.1 Å². The summed E-state index contributed by atoms with van der Waals surface area (Å²) in [6.45, 7) is 12.5. The number of halogens is 1. The number of carbonyl (C=O) groups is 5. The number of piperidine rings is 1. The van der Waals surface area contributed by atoms with Gasteiger partial charge in [0.2, 0.25) is 11.8 Å². The maximum absolute atomic E-state index is 14.5. The first-order valence-electron chi connectivity index (χ1n) is 18.9. The van der Waals surface area contributed by atoms with E-state index in [0.717, 1.165) is 42.7 Å². The predicted octanol–water partition coefficient (Wildman–Crippen LogP) is 5.76. The summed E-state index contributed by atoms with van der Waals surface area (Å²) in [6, 6.07) is 3.82. The van der Waals surface area contributed by atoms with Crippen molar-refractivity contribution in [3.05, 3.63) is 51.7 Å². The fourth-order valence-corrected chi connectivity index (χ4v) is 7.64. The molecule has 0 saturated carbocycles. The van der Waals surface area contributed by atoms with Crippen molar-refractivity contribution in [2.45, 2.75) is 130 Å². The van der Waals surface area contributed by atoms with Gasteiger partial charge in [0.05, 0.1) is 6.04 Å². The Morgan fingerprint density at radius 2 is 1.79 bits per heavy atom. The lowest BCUT2D eigenvalue weighted by Gasteiger charge is -2.40. The Labute approximate surface area is 317 Å². The highest BCUT2D eigenvalue weighted by Gasteiger charge is 2.38. The SMILES string of the molecule is CCCN(C(=O)C(NC(=O)[C@H]1CCCCN1C)[C@@H](C)CC)[C@H](C[C@@H](OC(C)=O)c1nc(C(=O)N[C@H](CCC(=O)O)Cc2ccc(F)cc2)cs1)C(C)C. The van der Waals surface area contributed by atoms with Gasteiger partial charge in [0, 0.05) is 43.8 Å². The minimum Gasteiger partial charge on any atom is -0.481 e. The number of esters is 1. The smallest absolute Gasteiger partial charge is 0.303 e. The highest BCUT2D eigenvalue weighted by molar-refractivity contribution is 7.09. The molecule has 1 aromatic heterocycles. The Morgan fingerprint density at radius 1 is 1.09 bits per heavy atom. The van der Waals surface area contributed by atoms with Crippen molar-refractivity contribution in [1.29, 1.82) is 0 Å². The summed E-state index contributed by atoms with van der Waals surface area (Å²) in [6.07, 6.45) is 3.71. The number of benzene rings is 1. The highest BCUT2D eigenvalue weighted by Crippen LogP contribution is 2.32. The van der Waals surface area contributed by atoms with Crippen LogP contribution in [0.25, 0.3) is 0 Å². The summed E-state index contributed by atoms with van der Waals surface area (Å²) >= 11 is 1.16. The van der Waals surface area contributed by atoms with Crippen LogP contribution in [0.15, 0.2) is 29.6 Å². The van der Waals surface area contributed by atoms with E-state index in [-0.39, 0.29) is 54.6 Å². The third-order valence-corrected chi connectivity index (χ3v) is 10.9. The molecule has 53 heavy (non-hydrogen) atoms. The Balaban J connectivity index is 1.86. The topological polar surface area (TPSA) is 158 Å². The van der Waals surface area contributed by atoms with E-state index in [0.29, 0.717) is 30.8 Å². The van der Waals surface area contributed by atoms with Crippen molar-refractivity contribution in [2.24, 2.45) is 11.8 Å². The average Bonchev–Trinajstić information content (AvgIpc) is 3.61. The molecule has 1 unspecified atom stereocenters. The molecule has 1 aliphatic rings. The number of likely N-dealkylation sites (N-methyl/N-ethyl adjacent to an activating group) is 1. The third kappa shape index (κ3) is 13.2. The molecule has 1 saturated heterocycles. The van der Waals surface area contributed by atoms with E-state index in [9.17, 15) is 33.5 Å². The fraction of sp³-hybridized carbons (Fsp3) is 0.641. The number of aromatic nitrogens is 1. The molecule has 1 aliphatic heterocycles. The van der Waals surface area contributed by atoms with Crippen LogP contribution < -0.4 is 10.6 Å². The number of amides is 3. The van der Waals surface area contributed by atoms with Crippen molar-refractivity contribution in [1.82, 2.24) is 25.4 Å². The number of carboxylic acid groups (broad SMARTS) is 1. The molecular weight excluding hydrogens is 702 g/mol. The van der Waals surface area contributed by atoms with Crippen molar-refractivity contribution in [3.8, 4) is 0 Å². The largest absolute Gasteiger partial charge is 0.481 e. The number of hydrogen-bond donors (Lipinski definition) is 3. The third-order valence-electron chi connectivity index (χ3n) is 10.00. The molecule has 3 amide bonds. The number of hydrogen-bond acceptors (Lipinski definition) is 9. The van der Waals surface area contributed by atoms with Crippen LogP contribution in [-0.4, -0.2) is 93.9 Å². The van der Waals surface area contributed by atoms with Gasteiger partial charge >= 0.3 is 11.9 Å². The zero-order valence-corrected chi connectivity index (χ0v) is 33.0. The number of ether oxygens (including phenoxy) is 1. The van der Waals surface area contributed by atoms with Crippen LogP contribution >= 0.6 is 11.3 Å². The number of carboxylic acids is 1. The summed E-state index contributed by atoms with van der Waals surface area (Å²) in [5.41, 5.74) is 0.815. The molecule has 294 valence electrons. The van der Waals surface area contributed by atoms with Crippen molar-refractivity contribution >= 4 is 41.0 Å². The molecule has 14 heteroatoms. The molecule has 3 N–H and O–H groups in total. The van der Waals surface area contributed by atoms with Gasteiger partial charge in [-0.2, -0.15) is 0 Å². The molecule has 0 bridgehead atoms. The minimum atomic E-state index is -1.01. The monoisotopic (exact) mass is 759 g/mol. The Hall–Kier alpha value is -3.91. The van der Waals surface area contributed by atoms with Crippen molar-refractivity contribution < 1.29 is 38.2 Å². The molecule has 2 heterocycles. The second-order valence-corrected chi connectivity index (χ2v) is 15.4. The van der Waals surface area contributed by atoms with E-state index >= 15 is 0 Å². The van der Waals surface area contributed by atoms with Gasteiger partial charge in [0.1, 0.15) is 22.6 Å².